The molecule has 1 aliphatic rings. The van der Waals surface area contributed by atoms with Crippen LogP contribution in [0.4, 0.5) is 36.2 Å². The molecule has 8 nitrogen and oxygen atoms in total. The predicted molar refractivity (Wildman–Crippen MR) is 131 cm³/mol. The average molecular weight is 549 g/mol. The lowest BCUT2D eigenvalue weighted by Gasteiger charge is -2.23. The molecule has 0 saturated carbocycles. The van der Waals surface area contributed by atoms with Gasteiger partial charge in [-0.15, -0.1) is 12.4 Å². The van der Waals surface area contributed by atoms with Gasteiger partial charge in [-0.3, -0.25) is 0 Å². The Labute approximate surface area is 211 Å². The van der Waals surface area contributed by atoms with Gasteiger partial charge in [-0.05, 0) is 37.7 Å². The maximum absolute atomic E-state index is 14.9. The molecule has 14 heteroatoms. The molecule has 0 aliphatic carbocycles. The van der Waals surface area contributed by atoms with Crippen LogP contribution in [-0.4, -0.2) is 44.6 Å². The summed E-state index contributed by atoms with van der Waals surface area (Å²) in [6.07, 6.45) is 2.40. The monoisotopic (exact) mass is 548 g/mol. The second-order valence-electron chi connectivity index (χ2n) is 7.60. The van der Waals surface area contributed by atoms with Crippen molar-refractivity contribution < 1.29 is 21.6 Å². The topological polar surface area (TPSA) is 99.2 Å². The Kier molecular flexibility index (Phi) is 8.31. The first kappa shape index (κ1) is 26.8. The van der Waals surface area contributed by atoms with Crippen molar-refractivity contribution in [1.29, 1.82) is 0 Å². The van der Waals surface area contributed by atoms with Gasteiger partial charge < -0.3 is 15.5 Å². The number of nitrogens with zero attached hydrogens (tertiary/aromatic N) is 3. The highest BCUT2D eigenvalue weighted by Crippen LogP contribution is 2.36. The Morgan fingerprint density at radius 1 is 1.06 bits per heavy atom. The molecule has 1 atom stereocenters. The number of sulfonamides is 1. The van der Waals surface area contributed by atoms with E-state index in [2.05, 4.69) is 20.6 Å². The van der Waals surface area contributed by atoms with E-state index in [1.165, 1.54) is 18.2 Å². The molecular formula is C21H21Cl2F3N6O2S. The van der Waals surface area contributed by atoms with Gasteiger partial charge in [-0.1, -0.05) is 11.6 Å². The van der Waals surface area contributed by atoms with Crippen molar-refractivity contribution in [3.8, 4) is 0 Å². The number of hydrogen-bond acceptors (Lipinski definition) is 7. The van der Waals surface area contributed by atoms with E-state index in [0.717, 1.165) is 30.9 Å². The highest BCUT2D eigenvalue weighted by atomic mass is 35.5. The molecule has 1 unspecified atom stereocenters. The number of halogens is 5. The van der Waals surface area contributed by atoms with Crippen LogP contribution in [0.1, 0.15) is 6.42 Å². The second kappa shape index (κ2) is 10.9. The summed E-state index contributed by atoms with van der Waals surface area (Å²) in [5.41, 5.74) is 1.14. The SMILES string of the molecule is CNC1CCN(c2cc(F)ccc2Nc2cc(F)c(S(=O)(=O)Nc3ncc(F)cn3)cc2Cl)C1.Cl. The van der Waals surface area contributed by atoms with Crippen molar-refractivity contribution >= 4 is 57.0 Å². The highest BCUT2D eigenvalue weighted by molar-refractivity contribution is 7.92. The molecule has 2 aromatic carbocycles. The maximum Gasteiger partial charge on any atom is 0.267 e. The largest absolute Gasteiger partial charge is 0.368 e. The van der Waals surface area contributed by atoms with Gasteiger partial charge in [0.15, 0.2) is 5.82 Å². The number of benzene rings is 2. The lowest BCUT2D eigenvalue weighted by molar-refractivity contribution is 0.570. The third-order valence-corrected chi connectivity index (χ3v) is 6.98. The smallest absolute Gasteiger partial charge is 0.267 e. The molecule has 188 valence electrons. The third kappa shape index (κ3) is 6.07. The van der Waals surface area contributed by atoms with Crippen LogP contribution in [0.25, 0.3) is 0 Å². The molecule has 0 spiro atoms. The summed E-state index contributed by atoms with van der Waals surface area (Å²) in [6, 6.07) is 6.24. The van der Waals surface area contributed by atoms with Gasteiger partial charge in [-0.2, -0.15) is 0 Å². The number of anilines is 4. The molecule has 2 heterocycles. The molecule has 1 saturated heterocycles. The van der Waals surface area contributed by atoms with E-state index in [0.29, 0.717) is 24.5 Å². The molecular weight excluding hydrogens is 528 g/mol. The van der Waals surface area contributed by atoms with Gasteiger partial charge in [0.05, 0.1) is 34.5 Å². The minimum atomic E-state index is -4.45. The fraction of sp³-hybridized carbons (Fsp3) is 0.238. The Morgan fingerprint density at radius 3 is 2.43 bits per heavy atom. The Bertz CT molecular complexity index is 1320. The van der Waals surface area contributed by atoms with Crippen molar-refractivity contribution in [3.05, 3.63) is 65.2 Å². The van der Waals surface area contributed by atoms with E-state index >= 15 is 0 Å². The van der Waals surface area contributed by atoms with Crippen LogP contribution >= 0.6 is 24.0 Å². The average Bonchev–Trinajstić information content (AvgIpc) is 3.27. The number of hydrogen-bond donors (Lipinski definition) is 3. The van der Waals surface area contributed by atoms with Crippen LogP contribution in [0.2, 0.25) is 5.02 Å². The minimum Gasteiger partial charge on any atom is -0.368 e. The zero-order valence-electron chi connectivity index (χ0n) is 18.2. The lowest BCUT2D eigenvalue weighted by Crippen LogP contribution is -2.29. The van der Waals surface area contributed by atoms with E-state index < -0.39 is 38.3 Å². The fourth-order valence-electron chi connectivity index (χ4n) is 3.60. The summed E-state index contributed by atoms with van der Waals surface area (Å²) in [6.45, 7) is 1.35. The van der Waals surface area contributed by atoms with Crippen molar-refractivity contribution in [2.24, 2.45) is 0 Å². The van der Waals surface area contributed by atoms with Crippen LogP contribution in [-0.2, 0) is 10.0 Å². The summed E-state index contributed by atoms with van der Waals surface area (Å²) in [4.78, 5) is 8.24. The van der Waals surface area contributed by atoms with Crippen LogP contribution < -0.4 is 20.3 Å². The molecule has 4 rings (SSSR count). The van der Waals surface area contributed by atoms with E-state index in [9.17, 15) is 21.6 Å². The molecule has 1 fully saturated rings. The molecule has 0 radical (unpaired) electrons. The Morgan fingerprint density at radius 2 is 1.77 bits per heavy atom. The third-order valence-electron chi connectivity index (χ3n) is 5.32. The molecule has 0 amide bonds. The van der Waals surface area contributed by atoms with Gasteiger partial charge in [0.25, 0.3) is 10.0 Å². The maximum atomic E-state index is 14.9. The minimum absolute atomic E-state index is 0. The summed E-state index contributed by atoms with van der Waals surface area (Å²) >= 11 is 6.27. The van der Waals surface area contributed by atoms with Crippen LogP contribution in [0.15, 0.2) is 47.6 Å². The van der Waals surface area contributed by atoms with Crippen molar-refractivity contribution in [2.75, 3.05) is 35.1 Å². The van der Waals surface area contributed by atoms with Crippen molar-refractivity contribution in [3.63, 3.8) is 0 Å². The zero-order valence-corrected chi connectivity index (χ0v) is 20.6. The van der Waals surface area contributed by atoms with Gasteiger partial charge in [-0.25, -0.2) is 36.3 Å². The van der Waals surface area contributed by atoms with Crippen LogP contribution in [0.3, 0.4) is 0 Å². The number of nitrogens with one attached hydrogen (secondary N) is 3. The number of aromatic nitrogens is 2. The fourth-order valence-corrected chi connectivity index (χ4v) is 4.92. The van der Waals surface area contributed by atoms with Gasteiger partial charge in [0.2, 0.25) is 5.95 Å². The summed E-state index contributed by atoms with van der Waals surface area (Å²) < 4.78 is 69.0. The Balaban J connectivity index is 0.00000342. The van der Waals surface area contributed by atoms with Gasteiger partial charge >= 0.3 is 0 Å². The first-order chi connectivity index (χ1) is 16.2. The quantitative estimate of drug-likeness (QED) is 0.404. The van der Waals surface area contributed by atoms with E-state index in [1.807, 2.05) is 16.7 Å². The standard InChI is InChI=1S/C21H20ClF3N6O2S.ClH/c1-26-14-4-5-31(11-14)19-6-12(23)2-3-17(19)29-18-8-16(25)20(7-15(18)22)34(32,33)30-21-27-9-13(24)10-28-21;/h2-3,6-10,14,26,29H,4-5,11H2,1H3,(H,27,28,30);1H. The summed E-state index contributed by atoms with van der Waals surface area (Å²) in [5.74, 6) is -2.72. The normalized spacial score (nSPS) is 15.6. The van der Waals surface area contributed by atoms with Crippen molar-refractivity contribution in [1.82, 2.24) is 15.3 Å². The number of likely N-dealkylation sites (N-methyl/N-ethyl adjacent to an activating group) is 1. The highest BCUT2D eigenvalue weighted by Gasteiger charge is 2.25. The van der Waals surface area contributed by atoms with Crippen molar-refractivity contribution in [2.45, 2.75) is 17.4 Å². The van der Waals surface area contributed by atoms with E-state index in [4.69, 9.17) is 11.6 Å². The predicted octanol–water partition coefficient (Wildman–Crippen LogP) is 4.31. The van der Waals surface area contributed by atoms with E-state index in [1.54, 1.807) is 0 Å². The van der Waals surface area contributed by atoms with E-state index in [-0.39, 0.29) is 29.2 Å². The molecule has 1 aliphatic heterocycles. The molecule has 0 bridgehead atoms. The Hall–Kier alpha value is -2.80. The summed E-state index contributed by atoms with van der Waals surface area (Å²) in [5, 5.41) is 6.07. The van der Waals surface area contributed by atoms with Crippen LogP contribution in [0.5, 0.6) is 0 Å². The molecule has 1 aromatic heterocycles. The van der Waals surface area contributed by atoms with Gasteiger partial charge in [0.1, 0.15) is 16.5 Å². The first-order valence-corrected chi connectivity index (χ1v) is 12.0. The van der Waals surface area contributed by atoms with Crippen LogP contribution in [0, 0.1) is 17.5 Å². The molecule has 3 aromatic rings. The first-order valence-electron chi connectivity index (χ1n) is 10.1. The van der Waals surface area contributed by atoms with Gasteiger partial charge in [0, 0.05) is 25.2 Å². The summed E-state index contributed by atoms with van der Waals surface area (Å²) in [7, 11) is -2.60. The molecule has 3 N–H and O–H groups in total. The number of rotatable bonds is 7. The second-order valence-corrected chi connectivity index (χ2v) is 9.66. The zero-order chi connectivity index (χ0) is 24.5. The molecule has 35 heavy (non-hydrogen) atoms. The lowest BCUT2D eigenvalue weighted by atomic mass is 10.2.